The van der Waals surface area contributed by atoms with E-state index in [4.69, 9.17) is 5.11 Å². The number of nitrogens with one attached hydrogen (secondary N) is 1. The van der Waals surface area contributed by atoms with E-state index >= 15 is 0 Å². The molecule has 0 bridgehead atoms. The molecule has 0 saturated heterocycles. The Kier molecular flexibility index (Phi) is 4.77. The molecule has 0 aliphatic rings. The van der Waals surface area contributed by atoms with Crippen molar-refractivity contribution in [2.75, 3.05) is 0 Å². The zero-order chi connectivity index (χ0) is 15.6. The lowest BCUT2D eigenvalue weighted by Crippen LogP contribution is -2.25. The molecule has 9 heteroatoms. The fourth-order valence-corrected chi connectivity index (χ4v) is 3.55. The van der Waals surface area contributed by atoms with E-state index < -0.39 is 27.3 Å². The first-order valence-corrected chi connectivity index (χ1v) is 8.18. The van der Waals surface area contributed by atoms with Gasteiger partial charge in [0.1, 0.15) is 10.7 Å². The first-order valence-electron chi connectivity index (χ1n) is 5.90. The van der Waals surface area contributed by atoms with Gasteiger partial charge in [-0.2, -0.15) is 5.10 Å². The minimum absolute atomic E-state index is 0.0146. The Balaban J connectivity index is 2.32. The number of halogens is 2. The number of hydrogen-bond acceptors (Lipinski definition) is 4. The highest BCUT2D eigenvalue weighted by atomic mass is 79.9. The largest absolute Gasteiger partial charge is 0.392 e. The van der Waals surface area contributed by atoms with Gasteiger partial charge in [0.2, 0.25) is 10.0 Å². The quantitative estimate of drug-likeness (QED) is 0.822. The molecule has 2 aromatic rings. The van der Waals surface area contributed by atoms with Gasteiger partial charge in [-0.25, -0.2) is 17.5 Å². The van der Waals surface area contributed by atoms with Gasteiger partial charge in [0.25, 0.3) is 0 Å². The van der Waals surface area contributed by atoms with Gasteiger partial charge in [0.15, 0.2) is 0 Å². The third kappa shape index (κ3) is 3.49. The van der Waals surface area contributed by atoms with Gasteiger partial charge in [-0.15, -0.1) is 0 Å². The van der Waals surface area contributed by atoms with Crippen molar-refractivity contribution in [3.8, 4) is 0 Å². The minimum Gasteiger partial charge on any atom is -0.392 e. The highest BCUT2D eigenvalue weighted by Crippen LogP contribution is 2.24. The summed E-state index contributed by atoms with van der Waals surface area (Å²) in [6.07, 6.45) is 1.53. The second-order valence-electron chi connectivity index (χ2n) is 4.31. The number of benzene rings is 1. The van der Waals surface area contributed by atoms with Crippen molar-refractivity contribution < 1.29 is 17.9 Å². The van der Waals surface area contributed by atoms with Crippen molar-refractivity contribution in [3.05, 3.63) is 45.9 Å². The lowest BCUT2D eigenvalue weighted by molar-refractivity contribution is 0.274. The number of nitrogens with zero attached hydrogens (tertiary/aromatic N) is 2. The van der Waals surface area contributed by atoms with Crippen molar-refractivity contribution in [3.63, 3.8) is 0 Å². The molecule has 0 atom stereocenters. The second kappa shape index (κ2) is 6.22. The molecule has 0 fully saturated rings. The van der Waals surface area contributed by atoms with Crippen LogP contribution in [0.2, 0.25) is 0 Å². The van der Waals surface area contributed by atoms with Crippen LogP contribution in [-0.2, 0) is 30.2 Å². The van der Waals surface area contributed by atoms with Crippen LogP contribution in [0.4, 0.5) is 4.39 Å². The Hall–Kier alpha value is -1.29. The van der Waals surface area contributed by atoms with Crippen LogP contribution in [0.15, 0.2) is 33.8 Å². The predicted molar refractivity (Wildman–Crippen MR) is 77.3 cm³/mol. The van der Waals surface area contributed by atoms with E-state index in [9.17, 15) is 12.8 Å². The van der Waals surface area contributed by atoms with E-state index in [1.54, 1.807) is 13.1 Å². The maximum atomic E-state index is 14.1. The third-order valence-electron chi connectivity index (χ3n) is 2.90. The average Bonchev–Trinajstić information content (AvgIpc) is 2.84. The maximum absolute atomic E-state index is 14.1. The molecule has 1 aromatic carbocycles. The summed E-state index contributed by atoms with van der Waals surface area (Å²) in [4.78, 5) is -0.511. The van der Waals surface area contributed by atoms with Crippen molar-refractivity contribution >= 4 is 26.0 Å². The molecule has 0 radical (unpaired) electrons. The molecule has 6 nitrogen and oxygen atoms in total. The van der Waals surface area contributed by atoms with Gasteiger partial charge in [0.05, 0.1) is 18.8 Å². The summed E-state index contributed by atoms with van der Waals surface area (Å²) < 4.78 is 42.7. The highest BCUT2D eigenvalue weighted by Gasteiger charge is 2.22. The Morgan fingerprint density at radius 2 is 2.19 bits per heavy atom. The molecule has 0 unspecified atom stereocenters. The summed E-state index contributed by atoms with van der Waals surface area (Å²) in [7, 11) is -2.37. The van der Waals surface area contributed by atoms with Crippen LogP contribution in [0, 0.1) is 5.82 Å². The summed E-state index contributed by atoms with van der Waals surface area (Å²) in [5.74, 6) is -0.960. The van der Waals surface area contributed by atoms with E-state index in [1.165, 1.54) is 16.9 Å². The number of aliphatic hydroxyl groups is 1. The zero-order valence-corrected chi connectivity index (χ0v) is 13.4. The summed E-state index contributed by atoms with van der Waals surface area (Å²) in [5, 5.41) is 13.0. The van der Waals surface area contributed by atoms with E-state index in [-0.39, 0.29) is 12.1 Å². The fourth-order valence-electron chi connectivity index (χ4n) is 1.75. The standard InChI is InChI=1S/C12H13BrFN3O3S/c1-17-10(2-3-15-17)6-16-21(19,20)11-5-9(13)4-8(7-18)12(11)14/h2-5,16,18H,6-7H2,1H3. The molecule has 2 rings (SSSR count). The SMILES string of the molecule is Cn1nccc1CNS(=O)(=O)c1cc(Br)cc(CO)c1F. The van der Waals surface area contributed by atoms with E-state index in [0.29, 0.717) is 10.2 Å². The highest BCUT2D eigenvalue weighted by molar-refractivity contribution is 9.10. The van der Waals surface area contributed by atoms with Crippen LogP contribution in [0.1, 0.15) is 11.3 Å². The van der Waals surface area contributed by atoms with Crippen molar-refractivity contribution in [1.82, 2.24) is 14.5 Å². The first kappa shape index (κ1) is 16.1. The lowest BCUT2D eigenvalue weighted by atomic mass is 10.2. The van der Waals surface area contributed by atoms with Gasteiger partial charge in [-0.1, -0.05) is 15.9 Å². The normalized spacial score (nSPS) is 11.8. The molecule has 0 aliphatic heterocycles. The third-order valence-corrected chi connectivity index (χ3v) is 4.76. The smallest absolute Gasteiger partial charge is 0.243 e. The maximum Gasteiger partial charge on any atom is 0.243 e. The van der Waals surface area contributed by atoms with Gasteiger partial charge in [-0.3, -0.25) is 4.68 Å². The molecule has 21 heavy (non-hydrogen) atoms. The number of sulfonamides is 1. The molecule has 0 aliphatic carbocycles. The average molecular weight is 378 g/mol. The van der Waals surface area contributed by atoms with Gasteiger partial charge < -0.3 is 5.11 Å². The molecular weight excluding hydrogens is 365 g/mol. The van der Waals surface area contributed by atoms with Crippen LogP contribution in [0.3, 0.4) is 0 Å². The fraction of sp³-hybridized carbons (Fsp3) is 0.250. The molecule has 1 heterocycles. The van der Waals surface area contributed by atoms with E-state index in [0.717, 1.165) is 6.07 Å². The Morgan fingerprint density at radius 3 is 2.76 bits per heavy atom. The number of hydrogen-bond donors (Lipinski definition) is 2. The van der Waals surface area contributed by atoms with Crippen molar-refractivity contribution in [2.45, 2.75) is 18.0 Å². The predicted octanol–water partition coefficient (Wildman–Crippen LogP) is 1.29. The molecule has 0 saturated carbocycles. The molecule has 0 spiro atoms. The summed E-state index contributed by atoms with van der Waals surface area (Å²) >= 11 is 3.10. The molecular formula is C12H13BrFN3O3S. The number of rotatable bonds is 5. The van der Waals surface area contributed by atoms with Crippen LogP contribution in [0.5, 0.6) is 0 Å². The van der Waals surface area contributed by atoms with Crippen LogP contribution in [-0.4, -0.2) is 23.3 Å². The summed E-state index contributed by atoms with van der Waals surface area (Å²) in [6.45, 7) is -0.602. The van der Waals surface area contributed by atoms with E-state index in [1.807, 2.05) is 0 Å². The van der Waals surface area contributed by atoms with Crippen LogP contribution < -0.4 is 4.72 Å². The second-order valence-corrected chi connectivity index (χ2v) is 6.96. The number of aromatic nitrogens is 2. The number of aliphatic hydroxyl groups excluding tert-OH is 1. The van der Waals surface area contributed by atoms with E-state index in [2.05, 4.69) is 25.8 Å². The van der Waals surface area contributed by atoms with Crippen molar-refractivity contribution in [2.24, 2.45) is 7.05 Å². The van der Waals surface area contributed by atoms with Gasteiger partial charge in [0, 0.05) is 23.3 Å². The molecule has 114 valence electrons. The topological polar surface area (TPSA) is 84.2 Å². The monoisotopic (exact) mass is 377 g/mol. The Morgan fingerprint density at radius 1 is 1.48 bits per heavy atom. The zero-order valence-electron chi connectivity index (χ0n) is 11.0. The summed E-state index contributed by atoms with van der Waals surface area (Å²) in [5.41, 5.74) is 0.543. The van der Waals surface area contributed by atoms with Crippen LogP contribution >= 0.6 is 15.9 Å². The van der Waals surface area contributed by atoms with Crippen molar-refractivity contribution in [1.29, 1.82) is 0 Å². The molecule has 0 amide bonds. The lowest BCUT2D eigenvalue weighted by Gasteiger charge is -2.10. The van der Waals surface area contributed by atoms with Crippen LogP contribution in [0.25, 0.3) is 0 Å². The number of aryl methyl sites for hydroxylation is 1. The summed E-state index contributed by atoms with van der Waals surface area (Å²) in [6, 6.07) is 4.13. The minimum atomic E-state index is -4.05. The first-order chi connectivity index (χ1) is 9.85. The molecule has 2 N–H and O–H groups in total. The Labute approximate surface area is 129 Å². The van der Waals surface area contributed by atoms with Gasteiger partial charge in [-0.05, 0) is 18.2 Å². The van der Waals surface area contributed by atoms with Gasteiger partial charge >= 0.3 is 0 Å². The molecule has 1 aromatic heterocycles. The Bertz CT molecular complexity index is 761.